The highest BCUT2D eigenvalue weighted by atomic mass is 35.5. The molecule has 0 aliphatic carbocycles. The van der Waals surface area contributed by atoms with Gasteiger partial charge in [0.25, 0.3) is 0 Å². The second-order valence-electron chi connectivity index (χ2n) is 9.69. The number of nitrogens with zero attached hydrogens (tertiary/aromatic N) is 1. The molecule has 7 nitrogen and oxygen atoms in total. The third kappa shape index (κ3) is 7.17. The van der Waals surface area contributed by atoms with Crippen LogP contribution in [0.5, 0.6) is 11.5 Å². The van der Waals surface area contributed by atoms with Crippen LogP contribution in [-0.2, 0) is 14.3 Å². The zero-order chi connectivity index (χ0) is 26.5. The van der Waals surface area contributed by atoms with Crippen molar-refractivity contribution in [3.63, 3.8) is 0 Å². The van der Waals surface area contributed by atoms with Crippen LogP contribution in [0.3, 0.4) is 0 Å². The number of hydrogen-bond donors (Lipinski definition) is 0. The molecule has 0 N–H and O–H groups in total. The average Bonchev–Trinajstić information content (AvgIpc) is 2.83. The molecule has 0 unspecified atom stereocenters. The Hall–Kier alpha value is -3.19. The second-order valence-corrected chi connectivity index (χ2v) is 10.1. The van der Waals surface area contributed by atoms with Crippen LogP contribution in [0.2, 0.25) is 5.02 Å². The van der Waals surface area contributed by atoms with Crippen molar-refractivity contribution in [3.05, 3.63) is 63.7 Å². The Morgan fingerprint density at radius 1 is 1.00 bits per heavy atom. The number of hydrogen-bond acceptors (Lipinski definition) is 6. The van der Waals surface area contributed by atoms with Crippen molar-refractivity contribution >= 4 is 29.2 Å². The summed E-state index contributed by atoms with van der Waals surface area (Å²) in [4.78, 5) is 26.6. The van der Waals surface area contributed by atoms with Crippen molar-refractivity contribution in [2.75, 3.05) is 33.4 Å². The first-order valence-corrected chi connectivity index (χ1v) is 12.3. The molecule has 0 aromatic heterocycles. The smallest absolute Gasteiger partial charge is 0.410 e. The van der Waals surface area contributed by atoms with E-state index in [1.807, 2.05) is 71.0 Å². The van der Waals surface area contributed by atoms with Gasteiger partial charge in [-0.25, -0.2) is 9.59 Å². The van der Waals surface area contributed by atoms with Gasteiger partial charge in [0.05, 0.1) is 24.3 Å². The molecule has 2 aromatic rings. The van der Waals surface area contributed by atoms with Gasteiger partial charge in [0.1, 0.15) is 30.3 Å². The van der Waals surface area contributed by atoms with Gasteiger partial charge in [-0.3, -0.25) is 0 Å². The van der Waals surface area contributed by atoms with Gasteiger partial charge in [-0.1, -0.05) is 23.7 Å². The molecule has 0 saturated heterocycles. The number of esters is 1. The summed E-state index contributed by atoms with van der Waals surface area (Å²) in [7, 11) is 1.34. The standard InChI is InChI=1S/C28H34ClNO6/c1-18-15-24(29)25(16-19(18)2)35-14-13-34-21-9-7-20(8-10-21)22-11-12-30(17-23(22)26(31)33-6)27(32)36-28(3,4)5/h7-10,15-16H,11-14,17H2,1-6H3. The summed E-state index contributed by atoms with van der Waals surface area (Å²) >= 11 is 6.26. The fraction of sp³-hybridized carbons (Fsp3) is 0.429. The first-order valence-electron chi connectivity index (χ1n) is 11.9. The highest BCUT2D eigenvalue weighted by Crippen LogP contribution is 2.31. The minimum Gasteiger partial charge on any atom is -0.490 e. The summed E-state index contributed by atoms with van der Waals surface area (Å²) in [5.41, 5.74) is 3.79. The Bertz CT molecular complexity index is 1130. The predicted molar refractivity (Wildman–Crippen MR) is 140 cm³/mol. The number of halogens is 1. The summed E-state index contributed by atoms with van der Waals surface area (Å²) in [5.74, 6) is 0.861. The normalized spacial score (nSPS) is 13.9. The molecule has 1 aliphatic heterocycles. The number of amides is 1. The van der Waals surface area contributed by atoms with Crippen molar-refractivity contribution in [1.82, 2.24) is 4.90 Å². The molecule has 194 valence electrons. The number of carbonyl (C=O) groups is 2. The van der Waals surface area contributed by atoms with Crippen LogP contribution in [0.1, 0.15) is 43.9 Å². The van der Waals surface area contributed by atoms with Gasteiger partial charge in [0.2, 0.25) is 0 Å². The first-order chi connectivity index (χ1) is 17.0. The molecule has 0 bridgehead atoms. The molecule has 0 atom stereocenters. The first kappa shape index (κ1) is 27.4. The van der Waals surface area contributed by atoms with Gasteiger partial charge < -0.3 is 23.8 Å². The zero-order valence-corrected chi connectivity index (χ0v) is 22.5. The maximum absolute atomic E-state index is 12.5. The molecular weight excluding hydrogens is 482 g/mol. The second kappa shape index (κ2) is 11.7. The van der Waals surface area contributed by atoms with Crippen LogP contribution in [-0.4, -0.2) is 56.0 Å². The molecule has 1 amide bonds. The maximum atomic E-state index is 12.5. The Balaban J connectivity index is 1.64. The summed E-state index contributed by atoms with van der Waals surface area (Å²) in [6.07, 6.45) is 0.0602. The highest BCUT2D eigenvalue weighted by molar-refractivity contribution is 6.32. The molecule has 0 spiro atoms. The fourth-order valence-corrected chi connectivity index (χ4v) is 4.08. The lowest BCUT2D eigenvalue weighted by Crippen LogP contribution is -2.41. The van der Waals surface area contributed by atoms with E-state index >= 15 is 0 Å². The zero-order valence-electron chi connectivity index (χ0n) is 21.8. The monoisotopic (exact) mass is 515 g/mol. The van der Waals surface area contributed by atoms with Gasteiger partial charge in [-0.2, -0.15) is 0 Å². The van der Waals surface area contributed by atoms with E-state index in [1.54, 1.807) is 0 Å². The minimum atomic E-state index is -0.612. The van der Waals surface area contributed by atoms with E-state index in [2.05, 4.69) is 0 Å². The molecule has 1 aliphatic rings. The fourth-order valence-electron chi connectivity index (χ4n) is 3.80. The molecular formula is C28H34ClNO6. The molecule has 0 radical (unpaired) electrons. The summed E-state index contributed by atoms with van der Waals surface area (Å²) in [6, 6.07) is 11.3. The van der Waals surface area contributed by atoms with E-state index in [4.69, 9.17) is 30.5 Å². The summed E-state index contributed by atoms with van der Waals surface area (Å²) < 4.78 is 22.0. The number of carbonyl (C=O) groups excluding carboxylic acids is 2. The average molecular weight is 516 g/mol. The van der Waals surface area contributed by atoms with Gasteiger partial charge in [0, 0.05) is 6.54 Å². The van der Waals surface area contributed by atoms with E-state index in [0.717, 1.165) is 22.3 Å². The molecule has 2 aromatic carbocycles. The van der Waals surface area contributed by atoms with Crippen molar-refractivity contribution in [2.45, 2.75) is 46.6 Å². The lowest BCUT2D eigenvalue weighted by atomic mass is 9.93. The Morgan fingerprint density at radius 2 is 1.64 bits per heavy atom. The van der Waals surface area contributed by atoms with Gasteiger partial charge in [-0.05, 0) is 87.6 Å². The van der Waals surface area contributed by atoms with Crippen molar-refractivity contribution in [3.8, 4) is 11.5 Å². The molecule has 36 heavy (non-hydrogen) atoms. The third-order valence-corrected chi connectivity index (χ3v) is 6.08. The maximum Gasteiger partial charge on any atom is 0.410 e. The van der Waals surface area contributed by atoms with Crippen LogP contribution < -0.4 is 9.47 Å². The number of benzene rings is 2. The summed E-state index contributed by atoms with van der Waals surface area (Å²) in [6.45, 7) is 10.7. The van der Waals surface area contributed by atoms with E-state index in [-0.39, 0.29) is 6.54 Å². The predicted octanol–water partition coefficient (Wildman–Crippen LogP) is 5.98. The molecule has 1 heterocycles. The van der Waals surface area contributed by atoms with Gasteiger partial charge >= 0.3 is 12.1 Å². The Morgan fingerprint density at radius 3 is 2.28 bits per heavy atom. The van der Waals surface area contributed by atoms with Gasteiger partial charge in [0.15, 0.2) is 0 Å². The quantitative estimate of drug-likeness (QED) is 0.333. The van der Waals surface area contributed by atoms with E-state index in [9.17, 15) is 9.59 Å². The number of methoxy groups -OCH3 is 1. The topological polar surface area (TPSA) is 74.3 Å². The largest absolute Gasteiger partial charge is 0.490 e. The van der Waals surface area contributed by atoms with Gasteiger partial charge in [-0.15, -0.1) is 0 Å². The van der Waals surface area contributed by atoms with Crippen LogP contribution in [0.25, 0.3) is 5.57 Å². The number of aryl methyl sites for hydroxylation is 2. The summed E-state index contributed by atoms with van der Waals surface area (Å²) in [5, 5.41) is 0.579. The number of rotatable bonds is 7. The van der Waals surface area contributed by atoms with Crippen molar-refractivity contribution < 1.29 is 28.5 Å². The third-order valence-electron chi connectivity index (χ3n) is 5.79. The van der Waals surface area contributed by atoms with Crippen molar-refractivity contribution in [2.24, 2.45) is 0 Å². The van der Waals surface area contributed by atoms with Crippen LogP contribution in [0, 0.1) is 13.8 Å². The lowest BCUT2D eigenvalue weighted by molar-refractivity contribution is -0.136. The van der Waals surface area contributed by atoms with E-state index < -0.39 is 17.7 Å². The lowest BCUT2D eigenvalue weighted by Gasteiger charge is -2.32. The molecule has 3 rings (SSSR count). The Labute approximate surface area is 217 Å². The van der Waals surface area contributed by atoms with E-state index in [1.165, 1.54) is 12.0 Å². The molecule has 8 heteroatoms. The SMILES string of the molecule is COC(=O)C1=C(c2ccc(OCCOc3cc(C)c(C)cc3Cl)cc2)CCN(C(=O)OC(C)(C)C)C1. The highest BCUT2D eigenvalue weighted by Gasteiger charge is 2.30. The van der Waals surface area contributed by atoms with Crippen LogP contribution in [0.15, 0.2) is 42.0 Å². The molecule has 0 saturated carbocycles. The van der Waals surface area contributed by atoms with Crippen LogP contribution >= 0.6 is 11.6 Å². The molecule has 0 fully saturated rings. The number of ether oxygens (including phenoxy) is 4. The van der Waals surface area contributed by atoms with Crippen molar-refractivity contribution in [1.29, 1.82) is 0 Å². The Kier molecular flexibility index (Phi) is 8.90. The van der Waals surface area contributed by atoms with Crippen LogP contribution in [0.4, 0.5) is 4.79 Å². The van der Waals surface area contributed by atoms with E-state index in [0.29, 0.717) is 48.3 Å². The minimum absolute atomic E-state index is 0.132.